The van der Waals surface area contributed by atoms with Crippen LogP contribution in [0.2, 0.25) is 5.02 Å². The van der Waals surface area contributed by atoms with Gasteiger partial charge in [0.05, 0.1) is 17.1 Å². The summed E-state index contributed by atoms with van der Waals surface area (Å²) in [6.07, 6.45) is 1.73. The second kappa shape index (κ2) is 10.2. The first-order valence-electron chi connectivity index (χ1n) is 10.1. The zero-order valence-corrected chi connectivity index (χ0v) is 18.3. The third-order valence-corrected chi connectivity index (χ3v) is 5.04. The summed E-state index contributed by atoms with van der Waals surface area (Å²) in [7, 11) is 0. The van der Waals surface area contributed by atoms with Gasteiger partial charge in [0.25, 0.3) is 0 Å². The molecule has 0 fully saturated rings. The molecule has 1 amide bonds. The van der Waals surface area contributed by atoms with Gasteiger partial charge in [0, 0.05) is 23.8 Å². The fourth-order valence-electron chi connectivity index (χ4n) is 3.18. The SMILES string of the molecule is NC(=O)CNCc1ccc2cnc(Nc3ccc(OCc4cccc(F)c4)c(Cl)c3)nc2c1. The Kier molecular flexibility index (Phi) is 6.97. The van der Waals surface area contributed by atoms with Gasteiger partial charge in [-0.3, -0.25) is 4.79 Å². The molecule has 1 heterocycles. The van der Waals surface area contributed by atoms with E-state index in [1.165, 1.54) is 12.1 Å². The Labute approximate surface area is 194 Å². The maximum Gasteiger partial charge on any atom is 0.231 e. The summed E-state index contributed by atoms with van der Waals surface area (Å²) in [6, 6.07) is 17.2. The predicted molar refractivity (Wildman–Crippen MR) is 126 cm³/mol. The lowest BCUT2D eigenvalue weighted by molar-refractivity contribution is -0.117. The van der Waals surface area contributed by atoms with E-state index in [4.69, 9.17) is 22.1 Å². The van der Waals surface area contributed by atoms with Gasteiger partial charge in [-0.25, -0.2) is 14.4 Å². The van der Waals surface area contributed by atoms with Crippen LogP contribution in [0.1, 0.15) is 11.1 Å². The Morgan fingerprint density at radius 1 is 1.09 bits per heavy atom. The average Bonchev–Trinajstić information content (AvgIpc) is 2.78. The highest BCUT2D eigenvalue weighted by Crippen LogP contribution is 2.29. The molecule has 0 aliphatic rings. The van der Waals surface area contributed by atoms with Crippen LogP contribution in [-0.2, 0) is 17.9 Å². The standard InChI is InChI=1S/C24H21ClFN5O2/c25-20-10-19(6-7-22(20)33-14-16-2-1-3-18(26)8-16)30-24-29-12-17-5-4-15(9-21(17)31-24)11-28-13-23(27)32/h1-10,12,28H,11,13-14H2,(H2,27,32)(H,29,30,31). The van der Waals surface area contributed by atoms with Crippen LogP contribution in [0.4, 0.5) is 16.0 Å². The maximum atomic E-state index is 13.3. The summed E-state index contributed by atoms with van der Waals surface area (Å²) in [5, 5.41) is 7.40. The Balaban J connectivity index is 1.43. The summed E-state index contributed by atoms with van der Waals surface area (Å²) in [5.41, 5.74) is 8.27. The minimum atomic E-state index is -0.409. The van der Waals surface area contributed by atoms with Crippen molar-refractivity contribution >= 4 is 40.0 Å². The number of benzene rings is 3. The molecule has 0 aliphatic carbocycles. The average molecular weight is 466 g/mol. The van der Waals surface area contributed by atoms with Crippen molar-refractivity contribution in [3.8, 4) is 5.75 Å². The van der Waals surface area contributed by atoms with E-state index in [0.29, 0.717) is 34.5 Å². The Hall–Kier alpha value is -3.75. The van der Waals surface area contributed by atoms with Crippen molar-refractivity contribution in [3.63, 3.8) is 0 Å². The number of carbonyl (C=O) groups excluding carboxylic acids is 1. The lowest BCUT2D eigenvalue weighted by atomic mass is 10.1. The molecule has 4 aromatic rings. The van der Waals surface area contributed by atoms with Gasteiger partial charge in [-0.15, -0.1) is 0 Å². The lowest BCUT2D eigenvalue weighted by Crippen LogP contribution is -2.28. The number of hydrogen-bond donors (Lipinski definition) is 3. The summed E-state index contributed by atoms with van der Waals surface area (Å²) in [6.45, 7) is 0.810. The number of aromatic nitrogens is 2. The topological polar surface area (TPSA) is 102 Å². The Morgan fingerprint density at radius 3 is 2.76 bits per heavy atom. The Morgan fingerprint density at radius 2 is 1.97 bits per heavy atom. The Bertz CT molecular complexity index is 1300. The summed E-state index contributed by atoms with van der Waals surface area (Å²) in [5.74, 6) is 0.174. The van der Waals surface area contributed by atoms with Crippen LogP contribution in [0.3, 0.4) is 0 Å². The van der Waals surface area contributed by atoms with Gasteiger partial charge in [-0.1, -0.05) is 35.9 Å². The number of rotatable bonds is 9. The molecule has 0 saturated heterocycles. The number of ether oxygens (including phenoxy) is 1. The summed E-state index contributed by atoms with van der Waals surface area (Å²) >= 11 is 6.36. The molecule has 0 aliphatic heterocycles. The number of nitrogens with zero attached hydrogens (tertiary/aromatic N) is 2. The van der Waals surface area contributed by atoms with E-state index in [1.54, 1.807) is 36.5 Å². The van der Waals surface area contributed by atoms with Crippen molar-refractivity contribution < 1.29 is 13.9 Å². The molecule has 0 bridgehead atoms. The molecule has 4 N–H and O–H groups in total. The smallest absolute Gasteiger partial charge is 0.231 e. The number of hydrogen-bond acceptors (Lipinski definition) is 6. The van der Waals surface area contributed by atoms with Crippen LogP contribution in [0.15, 0.2) is 66.9 Å². The third kappa shape index (κ3) is 6.15. The highest BCUT2D eigenvalue weighted by Gasteiger charge is 2.07. The van der Waals surface area contributed by atoms with Gasteiger partial charge in [-0.05, 0) is 47.5 Å². The van der Waals surface area contributed by atoms with Crippen LogP contribution < -0.4 is 21.1 Å². The van der Waals surface area contributed by atoms with Crippen molar-refractivity contribution in [2.45, 2.75) is 13.2 Å². The van der Waals surface area contributed by atoms with E-state index in [0.717, 1.165) is 16.5 Å². The molecule has 0 radical (unpaired) electrons. The van der Waals surface area contributed by atoms with E-state index >= 15 is 0 Å². The number of anilines is 2. The fourth-order valence-corrected chi connectivity index (χ4v) is 3.42. The molecule has 0 saturated carbocycles. The lowest BCUT2D eigenvalue weighted by Gasteiger charge is -2.11. The van der Waals surface area contributed by atoms with Crippen molar-refractivity contribution in [2.75, 3.05) is 11.9 Å². The van der Waals surface area contributed by atoms with Gasteiger partial charge in [-0.2, -0.15) is 0 Å². The van der Waals surface area contributed by atoms with Crippen molar-refractivity contribution in [3.05, 3.63) is 88.8 Å². The first kappa shape index (κ1) is 22.4. The van der Waals surface area contributed by atoms with Crippen LogP contribution in [0.25, 0.3) is 10.9 Å². The van der Waals surface area contributed by atoms with Crippen LogP contribution >= 0.6 is 11.6 Å². The molecule has 0 atom stereocenters. The number of carbonyl (C=O) groups is 1. The minimum absolute atomic E-state index is 0.108. The third-order valence-electron chi connectivity index (χ3n) is 4.75. The van der Waals surface area contributed by atoms with Crippen molar-refractivity contribution in [1.29, 1.82) is 0 Å². The highest BCUT2D eigenvalue weighted by molar-refractivity contribution is 6.32. The van der Waals surface area contributed by atoms with Gasteiger partial charge in [0.1, 0.15) is 18.2 Å². The number of fused-ring (bicyclic) bond motifs is 1. The molecule has 9 heteroatoms. The largest absolute Gasteiger partial charge is 0.487 e. The highest BCUT2D eigenvalue weighted by atomic mass is 35.5. The van der Waals surface area contributed by atoms with Crippen LogP contribution in [0, 0.1) is 5.82 Å². The number of primary amides is 1. The summed E-state index contributed by atoms with van der Waals surface area (Å²) in [4.78, 5) is 19.8. The first-order valence-corrected chi connectivity index (χ1v) is 10.5. The number of amides is 1. The van der Waals surface area contributed by atoms with Gasteiger partial charge < -0.3 is 21.1 Å². The van der Waals surface area contributed by atoms with Crippen LogP contribution in [0.5, 0.6) is 5.75 Å². The van der Waals surface area contributed by atoms with Gasteiger partial charge >= 0.3 is 0 Å². The molecular weight excluding hydrogens is 445 g/mol. The molecule has 168 valence electrons. The second-order valence-electron chi connectivity index (χ2n) is 7.35. The molecular formula is C24H21ClFN5O2. The zero-order chi connectivity index (χ0) is 23.2. The molecule has 0 spiro atoms. The maximum absolute atomic E-state index is 13.3. The van der Waals surface area contributed by atoms with Gasteiger partial charge in [0.15, 0.2) is 0 Å². The molecule has 7 nitrogen and oxygen atoms in total. The van der Waals surface area contributed by atoms with Crippen molar-refractivity contribution in [1.82, 2.24) is 15.3 Å². The first-order chi connectivity index (χ1) is 16.0. The number of halogens is 2. The second-order valence-corrected chi connectivity index (χ2v) is 7.75. The molecule has 0 unspecified atom stereocenters. The van der Waals surface area contributed by atoms with E-state index < -0.39 is 5.91 Å². The number of nitrogens with two attached hydrogens (primary N) is 1. The predicted octanol–water partition coefficient (Wildman–Crippen LogP) is 4.32. The van der Waals surface area contributed by atoms with E-state index in [2.05, 4.69) is 20.6 Å². The normalized spacial score (nSPS) is 10.8. The quantitative estimate of drug-likeness (QED) is 0.340. The van der Waals surface area contributed by atoms with Gasteiger partial charge in [0.2, 0.25) is 11.9 Å². The van der Waals surface area contributed by atoms with Crippen molar-refractivity contribution in [2.24, 2.45) is 5.73 Å². The number of nitrogens with one attached hydrogen (secondary N) is 2. The molecule has 1 aromatic heterocycles. The zero-order valence-electron chi connectivity index (χ0n) is 17.5. The minimum Gasteiger partial charge on any atom is -0.487 e. The molecule has 4 rings (SSSR count). The summed E-state index contributed by atoms with van der Waals surface area (Å²) < 4.78 is 19.0. The van der Waals surface area contributed by atoms with E-state index in [-0.39, 0.29) is 19.0 Å². The monoisotopic (exact) mass is 465 g/mol. The van der Waals surface area contributed by atoms with E-state index in [9.17, 15) is 9.18 Å². The fraction of sp³-hybridized carbons (Fsp3) is 0.125. The van der Waals surface area contributed by atoms with E-state index in [1.807, 2.05) is 18.2 Å². The molecule has 33 heavy (non-hydrogen) atoms. The molecule has 3 aromatic carbocycles. The van der Waals surface area contributed by atoms with Crippen LogP contribution in [-0.4, -0.2) is 22.4 Å².